The van der Waals surface area contributed by atoms with E-state index in [9.17, 15) is 4.79 Å². The fraction of sp³-hybridized carbons (Fsp3) is 0.435. The van der Waals surface area contributed by atoms with Gasteiger partial charge in [-0.1, -0.05) is 34.1 Å². The summed E-state index contributed by atoms with van der Waals surface area (Å²) < 4.78 is 12.1. The van der Waals surface area contributed by atoms with Crippen LogP contribution in [-0.2, 0) is 11.2 Å². The Kier molecular flexibility index (Phi) is 6.40. The van der Waals surface area contributed by atoms with E-state index in [1.54, 1.807) is 12.0 Å². The zero-order valence-corrected chi connectivity index (χ0v) is 18.3. The summed E-state index contributed by atoms with van der Waals surface area (Å²) >= 11 is 3.67. The van der Waals surface area contributed by atoms with Crippen LogP contribution in [0.15, 0.2) is 53.0 Å². The molecule has 2 aliphatic heterocycles. The van der Waals surface area contributed by atoms with Gasteiger partial charge < -0.3 is 14.4 Å². The number of hydrogen-bond donors (Lipinski definition) is 0. The van der Waals surface area contributed by atoms with Crippen molar-refractivity contribution >= 4 is 27.7 Å². The van der Waals surface area contributed by atoms with Crippen molar-refractivity contribution in [2.75, 3.05) is 38.2 Å². The molecule has 2 atom stereocenters. The maximum absolute atomic E-state index is 12.2. The van der Waals surface area contributed by atoms with Crippen LogP contribution in [0.25, 0.3) is 0 Å². The highest BCUT2D eigenvalue weighted by molar-refractivity contribution is 9.10. The number of carbonyl (C=O) groups excluding carboxylic acids is 1. The Morgan fingerprint density at radius 1 is 1.17 bits per heavy atom. The molecule has 2 aromatic rings. The van der Waals surface area contributed by atoms with Gasteiger partial charge in [-0.15, -0.1) is 0 Å². The highest BCUT2D eigenvalue weighted by atomic mass is 79.9. The second-order valence-corrected chi connectivity index (χ2v) is 8.71. The van der Waals surface area contributed by atoms with Crippen LogP contribution in [-0.4, -0.2) is 50.4 Å². The van der Waals surface area contributed by atoms with E-state index in [1.807, 2.05) is 36.4 Å². The van der Waals surface area contributed by atoms with Gasteiger partial charge in [-0.3, -0.25) is 4.90 Å². The molecule has 2 aliphatic rings. The van der Waals surface area contributed by atoms with Crippen molar-refractivity contribution in [1.29, 1.82) is 0 Å². The Morgan fingerprint density at radius 3 is 2.79 bits per heavy atom. The van der Waals surface area contributed by atoms with E-state index in [1.165, 1.54) is 12.0 Å². The van der Waals surface area contributed by atoms with E-state index < -0.39 is 0 Å². The Hall–Kier alpha value is -2.05. The summed E-state index contributed by atoms with van der Waals surface area (Å²) in [5, 5.41) is 0. The van der Waals surface area contributed by atoms with Gasteiger partial charge >= 0.3 is 6.09 Å². The molecule has 0 spiro atoms. The Bertz CT molecular complexity index is 845. The van der Waals surface area contributed by atoms with Gasteiger partial charge in [0.25, 0.3) is 0 Å². The summed E-state index contributed by atoms with van der Waals surface area (Å²) in [6, 6.07) is 15.9. The molecule has 154 valence electrons. The monoisotopic (exact) mass is 458 g/mol. The minimum absolute atomic E-state index is 0.0331. The Morgan fingerprint density at radius 2 is 2.00 bits per heavy atom. The quantitative estimate of drug-likeness (QED) is 0.600. The molecule has 29 heavy (non-hydrogen) atoms. The summed E-state index contributed by atoms with van der Waals surface area (Å²) in [5.41, 5.74) is 2.21. The Labute approximate surface area is 180 Å². The molecule has 0 aromatic heterocycles. The lowest BCUT2D eigenvalue weighted by molar-refractivity contribution is 0.128. The van der Waals surface area contributed by atoms with Crippen LogP contribution in [0, 0.1) is 5.92 Å². The van der Waals surface area contributed by atoms with Crippen molar-refractivity contribution in [3.63, 3.8) is 0 Å². The van der Waals surface area contributed by atoms with Crippen molar-refractivity contribution in [2.45, 2.75) is 25.4 Å². The van der Waals surface area contributed by atoms with Crippen molar-refractivity contribution < 1.29 is 14.3 Å². The molecule has 2 fully saturated rings. The van der Waals surface area contributed by atoms with Gasteiger partial charge in [0.2, 0.25) is 0 Å². The average molecular weight is 459 g/mol. The number of anilines is 1. The summed E-state index contributed by atoms with van der Waals surface area (Å²) in [5.74, 6) is 1.55. The standard InChI is InChI=1S/C23H27BrN2O3/c1-28-20-7-8-22(24)18(14-20)13-17-9-11-25(15-17)12-10-21-16-26(23(27)29-21)19-5-3-2-4-6-19/h2-8,14,17,21H,9-13,15-16H2,1H3. The number of amides is 1. The SMILES string of the molecule is COc1ccc(Br)c(CC2CCN(CCC3CN(c4ccccc4)C(=O)O3)C2)c1. The first-order chi connectivity index (χ1) is 14.1. The third-order valence-corrected chi connectivity index (χ3v) is 6.61. The number of para-hydroxylation sites is 1. The number of rotatable bonds is 7. The molecule has 2 heterocycles. The van der Waals surface area contributed by atoms with Crippen LogP contribution < -0.4 is 9.64 Å². The second-order valence-electron chi connectivity index (χ2n) is 7.86. The molecule has 2 unspecified atom stereocenters. The highest BCUT2D eigenvalue weighted by Gasteiger charge is 2.33. The maximum atomic E-state index is 12.2. The molecule has 4 rings (SSSR count). The Balaban J connectivity index is 1.25. The molecule has 0 aliphatic carbocycles. The molecule has 5 nitrogen and oxygen atoms in total. The molecular weight excluding hydrogens is 432 g/mol. The molecular formula is C23H27BrN2O3. The average Bonchev–Trinajstić information content (AvgIpc) is 3.35. The minimum Gasteiger partial charge on any atom is -0.497 e. The molecule has 2 saturated heterocycles. The van der Waals surface area contributed by atoms with Crippen molar-refractivity contribution in [1.82, 2.24) is 4.90 Å². The van der Waals surface area contributed by atoms with Gasteiger partial charge in [0.1, 0.15) is 11.9 Å². The maximum Gasteiger partial charge on any atom is 0.414 e. The van der Waals surface area contributed by atoms with Gasteiger partial charge in [-0.25, -0.2) is 4.79 Å². The van der Waals surface area contributed by atoms with Gasteiger partial charge in [0.05, 0.1) is 13.7 Å². The fourth-order valence-corrected chi connectivity index (χ4v) is 4.65. The smallest absolute Gasteiger partial charge is 0.414 e. The predicted octanol–water partition coefficient (Wildman–Crippen LogP) is 4.74. The lowest BCUT2D eigenvalue weighted by Crippen LogP contribution is -2.28. The molecule has 1 amide bonds. The van der Waals surface area contributed by atoms with Crippen LogP contribution in [0.4, 0.5) is 10.5 Å². The van der Waals surface area contributed by atoms with E-state index in [0.717, 1.165) is 48.4 Å². The van der Waals surface area contributed by atoms with Crippen LogP contribution in [0.1, 0.15) is 18.4 Å². The number of halogens is 1. The van der Waals surface area contributed by atoms with Gasteiger partial charge in [0, 0.05) is 23.2 Å². The van der Waals surface area contributed by atoms with Gasteiger partial charge in [-0.2, -0.15) is 0 Å². The first-order valence-electron chi connectivity index (χ1n) is 10.2. The van der Waals surface area contributed by atoms with E-state index in [0.29, 0.717) is 12.5 Å². The number of likely N-dealkylation sites (tertiary alicyclic amines) is 1. The molecule has 0 bridgehead atoms. The predicted molar refractivity (Wildman–Crippen MR) is 118 cm³/mol. The lowest BCUT2D eigenvalue weighted by atomic mass is 9.98. The number of nitrogens with zero attached hydrogens (tertiary/aromatic N) is 2. The second kappa shape index (κ2) is 9.18. The number of carbonyl (C=O) groups is 1. The first-order valence-corrected chi connectivity index (χ1v) is 11.0. The fourth-order valence-electron chi connectivity index (χ4n) is 4.25. The van der Waals surface area contributed by atoms with Crippen LogP contribution >= 0.6 is 15.9 Å². The molecule has 2 aromatic carbocycles. The normalized spacial score (nSPS) is 22.1. The van der Waals surface area contributed by atoms with E-state index >= 15 is 0 Å². The largest absolute Gasteiger partial charge is 0.497 e. The van der Waals surface area contributed by atoms with Crippen molar-refractivity contribution in [2.24, 2.45) is 5.92 Å². The molecule has 0 N–H and O–H groups in total. The van der Waals surface area contributed by atoms with Gasteiger partial charge in [-0.05, 0) is 67.6 Å². The van der Waals surface area contributed by atoms with E-state index in [2.05, 4.69) is 33.0 Å². The molecule has 0 saturated carbocycles. The number of hydrogen-bond acceptors (Lipinski definition) is 4. The summed E-state index contributed by atoms with van der Waals surface area (Å²) in [7, 11) is 1.71. The van der Waals surface area contributed by atoms with Crippen LogP contribution in [0.2, 0.25) is 0 Å². The summed E-state index contributed by atoms with van der Waals surface area (Å²) in [6.07, 6.45) is 2.86. The number of methoxy groups -OCH3 is 1. The molecule has 0 radical (unpaired) electrons. The third-order valence-electron chi connectivity index (χ3n) is 5.84. The third kappa shape index (κ3) is 4.93. The van der Waals surface area contributed by atoms with E-state index in [4.69, 9.17) is 9.47 Å². The van der Waals surface area contributed by atoms with E-state index in [-0.39, 0.29) is 12.2 Å². The number of benzene rings is 2. The van der Waals surface area contributed by atoms with Crippen molar-refractivity contribution in [3.8, 4) is 5.75 Å². The number of cyclic esters (lactones) is 1. The zero-order valence-electron chi connectivity index (χ0n) is 16.7. The number of ether oxygens (including phenoxy) is 2. The first kappa shape index (κ1) is 20.2. The van der Waals surface area contributed by atoms with Crippen LogP contribution in [0.5, 0.6) is 5.75 Å². The van der Waals surface area contributed by atoms with Crippen LogP contribution in [0.3, 0.4) is 0 Å². The van der Waals surface area contributed by atoms with Crippen molar-refractivity contribution in [3.05, 3.63) is 58.6 Å². The highest BCUT2D eigenvalue weighted by Crippen LogP contribution is 2.29. The van der Waals surface area contributed by atoms with Gasteiger partial charge in [0.15, 0.2) is 0 Å². The summed E-state index contributed by atoms with van der Waals surface area (Å²) in [6.45, 7) is 3.80. The molecule has 6 heteroatoms. The minimum atomic E-state index is -0.233. The topological polar surface area (TPSA) is 42.0 Å². The zero-order chi connectivity index (χ0) is 20.2. The lowest BCUT2D eigenvalue weighted by Gasteiger charge is -2.18. The summed E-state index contributed by atoms with van der Waals surface area (Å²) in [4.78, 5) is 16.4.